The summed E-state index contributed by atoms with van der Waals surface area (Å²) in [5.41, 5.74) is -0.123. The Balaban J connectivity index is 2.70. The first-order valence-corrected chi connectivity index (χ1v) is 4.37. The quantitative estimate of drug-likeness (QED) is 0.748. The van der Waals surface area contributed by atoms with E-state index in [9.17, 15) is 13.6 Å². The third-order valence-corrected chi connectivity index (χ3v) is 1.82. The number of thiol groups is 1. The van der Waals surface area contributed by atoms with Crippen molar-refractivity contribution in [1.82, 2.24) is 5.32 Å². The lowest BCUT2D eigenvalue weighted by molar-refractivity contribution is 0.000300. The van der Waals surface area contributed by atoms with Gasteiger partial charge in [0, 0.05) is 5.56 Å². The Morgan fingerprint density at radius 3 is 2.43 bits per heavy atom. The van der Waals surface area contributed by atoms with E-state index in [0.29, 0.717) is 0 Å². The van der Waals surface area contributed by atoms with E-state index < -0.39 is 17.7 Å². The minimum absolute atomic E-state index is 0.123. The van der Waals surface area contributed by atoms with Crippen LogP contribution >= 0.6 is 12.6 Å². The fourth-order valence-electron chi connectivity index (χ4n) is 0.971. The highest BCUT2D eigenvalue weighted by molar-refractivity contribution is 7.96. The maximum Gasteiger partial charge on any atom is 0.290 e. The number of rotatable bonds is 3. The van der Waals surface area contributed by atoms with E-state index in [4.69, 9.17) is 0 Å². The number of carbonyl (C=O) groups excluding carboxylic acids is 1. The molecule has 0 bridgehead atoms. The summed E-state index contributed by atoms with van der Waals surface area (Å²) < 4.78 is 26.5. The Hall–Kier alpha value is -1.10. The Morgan fingerprint density at radius 1 is 1.36 bits per heavy atom. The molecule has 1 aromatic rings. The van der Waals surface area contributed by atoms with Gasteiger partial charge in [0.2, 0.25) is 0 Å². The van der Waals surface area contributed by atoms with Crippen molar-refractivity contribution in [2.45, 2.75) is 5.92 Å². The van der Waals surface area contributed by atoms with Gasteiger partial charge in [0.05, 0.1) is 6.54 Å². The summed E-state index contributed by atoms with van der Waals surface area (Å²) in [5.74, 6) is -3.06. The molecule has 5 heteroatoms. The lowest BCUT2D eigenvalue weighted by Gasteiger charge is -2.16. The number of hydrogen-bond donors (Lipinski definition) is 2. The molecule has 1 rings (SSSR count). The van der Waals surface area contributed by atoms with Gasteiger partial charge < -0.3 is 5.32 Å². The van der Waals surface area contributed by atoms with Crippen molar-refractivity contribution in [3.8, 4) is 0 Å². The molecule has 2 nitrogen and oxygen atoms in total. The number of halogens is 2. The molecule has 0 spiro atoms. The summed E-state index contributed by atoms with van der Waals surface area (Å²) >= 11 is 3.34. The van der Waals surface area contributed by atoms with E-state index in [-0.39, 0.29) is 5.56 Å². The van der Waals surface area contributed by atoms with Crippen LogP contribution in [0.25, 0.3) is 0 Å². The summed E-state index contributed by atoms with van der Waals surface area (Å²) in [6.45, 7) is -0.737. The predicted molar refractivity (Wildman–Crippen MR) is 52.7 cm³/mol. The van der Waals surface area contributed by atoms with Gasteiger partial charge in [0.1, 0.15) is 0 Å². The topological polar surface area (TPSA) is 29.1 Å². The van der Waals surface area contributed by atoms with Gasteiger partial charge in [-0.25, -0.2) is 0 Å². The van der Waals surface area contributed by atoms with Crippen molar-refractivity contribution in [3.05, 3.63) is 35.9 Å². The van der Waals surface area contributed by atoms with Crippen molar-refractivity contribution in [1.29, 1.82) is 0 Å². The first kappa shape index (κ1) is 11.0. The summed E-state index contributed by atoms with van der Waals surface area (Å²) in [6, 6.07) is 7.31. The van der Waals surface area contributed by atoms with Gasteiger partial charge in [-0.1, -0.05) is 43.0 Å². The van der Waals surface area contributed by atoms with Crippen molar-refractivity contribution in [3.63, 3.8) is 0 Å². The zero-order valence-electron chi connectivity index (χ0n) is 7.21. The monoisotopic (exact) mass is 217 g/mol. The van der Waals surface area contributed by atoms with Crippen LogP contribution < -0.4 is 5.32 Å². The lowest BCUT2D eigenvalue weighted by atomic mass is 10.1. The SMILES string of the molecule is O=C(S)NCC(F)(F)c1ccccc1. The Labute approximate surface area is 85.7 Å². The third kappa shape index (κ3) is 2.99. The van der Waals surface area contributed by atoms with Crippen LogP contribution in [0.4, 0.5) is 13.6 Å². The molecule has 0 aromatic heterocycles. The molecule has 1 aromatic carbocycles. The first-order chi connectivity index (χ1) is 6.52. The summed E-state index contributed by atoms with van der Waals surface area (Å²) in [6.07, 6.45) is 0. The van der Waals surface area contributed by atoms with Crippen LogP contribution in [0, 0.1) is 0 Å². The van der Waals surface area contributed by atoms with Crippen LogP contribution in [-0.2, 0) is 5.92 Å². The maximum atomic E-state index is 13.3. The molecule has 1 N–H and O–H groups in total. The molecule has 0 aliphatic heterocycles. The van der Waals surface area contributed by atoms with Gasteiger partial charge in [-0.15, -0.1) is 0 Å². The van der Waals surface area contributed by atoms with Gasteiger partial charge in [0.25, 0.3) is 11.2 Å². The molecule has 0 aliphatic rings. The highest BCUT2D eigenvalue weighted by Gasteiger charge is 2.31. The average Bonchev–Trinajstić information content (AvgIpc) is 2.16. The van der Waals surface area contributed by atoms with Crippen molar-refractivity contribution in [2.75, 3.05) is 6.54 Å². The van der Waals surface area contributed by atoms with Gasteiger partial charge in [-0.3, -0.25) is 4.79 Å². The third-order valence-electron chi connectivity index (χ3n) is 1.66. The number of carbonyl (C=O) groups is 1. The van der Waals surface area contributed by atoms with Crippen LogP contribution in [0.2, 0.25) is 0 Å². The van der Waals surface area contributed by atoms with Crippen molar-refractivity contribution in [2.24, 2.45) is 0 Å². The fourth-order valence-corrected chi connectivity index (χ4v) is 1.05. The largest absolute Gasteiger partial charge is 0.341 e. The molecule has 1 amide bonds. The molecule has 0 radical (unpaired) electrons. The average molecular weight is 217 g/mol. The van der Waals surface area contributed by atoms with E-state index in [1.807, 2.05) is 5.32 Å². The van der Waals surface area contributed by atoms with Crippen LogP contribution in [0.5, 0.6) is 0 Å². The molecule has 0 heterocycles. The second-order valence-electron chi connectivity index (χ2n) is 2.73. The molecule has 0 aliphatic carbocycles. The Bertz CT molecular complexity index is 316. The minimum Gasteiger partial charge on any atom is -0.341 e. The van der Waals surface area contributed by atoms with Crippen LogP contribution in [0.3, 0.4) is 0 Å². The number of benzene rings is 1. The Morgan fingerprint density at radius 2 is 1.93 bits per heavy atom. The maximum absolute atomic E-state index is 13.3. The van der Waals surface area contributed by atoms with E-state index in [2.05, 4.69) is 12.6 Å². The Kier molecular flexibility index (Phi) is 3.46. The molecular weight excluding hydrogens is 208 g/mol. The number of hydrogen-bond acceptors (Lipinski definition) is 1. The molecule has 0 fully saturated rings. The van der Waals surface area contributed by atoms with Gasteiger partial charge >= 0.3 is 0 Å². The molecule has 14 heavy (non-hydrogen) atoms. The molecular formula is C9H9F2NOS. The highest BCUT2D eigenvalue weighted by atomic mass is 32.1. The number of nitrogens with one attached hydrogen (secondary N) is 1. The normalized spacial score (nSPS) is 11.1. The van der Waals surface area contributed by atoms with Gasteiger partial charge in [0.15, 0.2) is 0 Å². The van der Waals surface area contributed by atoms with Gasteiger partial charge in [-0.2, -0.15) is 8.78 Å². The predicted octanol–water partition coefficient (Wildman–Crippen LogP) is 2.42. The van der Waals surface area contributed by atoms with E-state index >= 15 is 0 Å². The van der Waals surface area contributed by atoms with Crippen LogP contribution in [0.15, 0.2) is 30.3 Å². The zero-order chi connectivity index (χ0) is 10.6. The molecule has 76 valence electrons. The van der Waals surface area contributed by atoms with Crippen molar-refractivity contribution < 1.29 is 13.6 Å². The second-order valence-corrected chi connectivity index (χ2v) is 3.14. The molecule has 0 saturated heterocycles. The second kappa shape index (κ2) is 4.41. The molecule has 0 atom stereocenters. The van der Waals surface area contributed by atoms with Crippen LogP contribution in [-0.4, -0.2) is 11.8 Å². The highest BCUT2D eigenvalue weighted by Crippen LogP contribution is 2.26. The first-order valence-electron chi connectivity index (χ1n) is 3.92. The summed E-state index contributed by atoms with van der Waals surface area (Å²) in [5, 5.41) is 1.20. The summed E-state index contributed by atoms with van der Waals surface area (Å²) in [4.78, 5) is 10.3. The van der Waals surface area contributed by atoms with E-state index in [0.717, 1.165) is 0 Å². The standard InChI is InChI=1S/C9H9F2NOS/c10-9(11,6-12-8(13)14)7-4-2-1-3-5-7/h1-5H,6H2,(H2,12,13,14). The zero-order valence-corrected chi connectivity index (χ0v) is 8.10. The fraction of sp³-hybridized carbons (Fsp3) is 0.222. The molecule has 0 saturated carbocycles. The summed E-state index contributed by atoms with van der Waals surface area (Å²) in [7, 11) is 0. The number of amides is 1. The molecule has 0 unspecified atom stereocenters. The van der Waals surface area contributed by atoms with E-state index in [1.165, 1.54) is 24.3 Å². The van der Waals surface area contributed by atoms with E-state index in [1.54, 1.807) is 6.07 Å². The van der Waals surface area contributed by atoms with Crippen molar-refractivity contribution >= 4 is 17.9 Å². The van der Waals surface area contributed by atoms with Gasteiger partial charge in [-0.05, 0) is 0 Å². The number of alkyl halides is 2. The van der Waals surface area contributed by atoms with Crippen LogP contribution in [0.1, 0.15) is 5.56 Å². The lowest BCUT2D eigenvalue weighted by Crippen LogP contribution is -2.32. The smallest absolute Gasteiger partial charge is 0.290 e. The minimum atomic E-state index is -3.06.